The Balaban J connectivity index is 2.13. The number of rotatable bonds is 5. The Hall–Kier alpha value is -2.62. The molecule has 122 valence electrons. The Bertz CT molecular complexity index is 769. The van der Waals surface area contributed by atoms with Crippen LogP contribution in [0.5, 0.6) is 5.75 Å². The first-order valence-electron chi connectivity index (χ1n) is 7.81. The van der Waals surface area contributed by atoms with Crippen LogP contribution in [0.25, 0.3) is 0 Å². The van der Waals surface area contributed by atoms with Gasteiger partial charge >= 0.3 is 0 Å². The van der Waals surface area contributed by atoms with Gasteiger partial charge in [0.1, 0.15) is 17.5 Å². The van der Waals surface area contributed by atoms with Gasteiger partial charge in [-0.1, -0.05) is 72.8 Å². The third-order valence-electron chi connectivity index (χ3n) is 4.26. The summed E-state index contributed by atoms with van der Waals surface area (Å²) in [4.78, 5) is 0. The summed E-state index contributed by atoms with van der Waals surface area (Å²) in [5.41, 5.74) is 0.326. The van der Waals surface area contributed by atoms with Crippen LogP contribution in [0.4, 0.5) is 0 Å². The van der Waals surface area contributed by atoms with Crippen LogP contribution in [0.15, 0.2) is 84.9 Å². The van der Waals surface area contributed by atoms with Crippen LogP contribution >= 0.6 is 0 Å². The van der Waals surface area contributed by atoms with Crippen LogP contribution in [0.1, 0.15) is 22.8 Å². The smallest absolute Gasteiger partial charge is 0.145 e. The van der Waals surface area contributed by atoms with Crippen LogP contribution in [0.3, 0.4) is 0 Å². The molecular formula is C21H20O3. The summed E-state index contributed by atoms with van der Waals surface area (Å²) in [6.07, 6.45) is -1.10. The molecule has 0 heterocycles. The molecule has 0 spiro atoms. The average molecular weight is 320 g/mol. The van der Waals surface area contributed by atoms with E-state index in [9.17, 15) is 10.2 Å². The van der Waals surface area contributed by atoms with Gasteiger partial charge in [0.05, 0.1) is 7.11 Å². The average Bonchev–Trinajstić information content (AvgIpc) is 2.68. The molecule has 0 radical (unpaired) electrons. The van der Waals surface area contributed by atoms with E-state index in [0.717, 1.165) is 0 Å². The van der Waals surface area contributed by atoms with E-state index in [2.05, 4.69) is 0 Å². The zero-order valence-corrected chi connectivity index (χ0v) is 13.5. The van der Waals surface area contributed by atoms with Gasteiger partial charge in [-0.25, -0.2) is 0 Å². The largest absolute Gasteiger partial charge is 0.497 e. The van der Waals surface area contributed by atoms with Gasteiger partial charge < -0.3 is 14.9 Å². The Morgan fingerprint density at radius 3 is 1.79 bits per heavy atom. The highest BCUT2D eigenvalue weighted by Gasteiger charge is 2.40. The fourth-order valence-electron chi connectivity index (χ4n) is 2.90. The molecule has 0 saturated carbocycles. The van der Waals surface area contributed by atoms with Crippen molar-refractivity contribution >= 4 is 0 Å². The third kappa shape index (κ3) is 2.92. The fourth-order valence-corrected chi connectivity index (χ4v) is 2.90. The molecule has 24 heavy (non-hydrogen) atoms. The van der Waals surface area contributed by atoms with Gasteiger partial charge in [-0.05, 0) is 28.8 Å². The molecule has 3 rings (SSSR count). The van der Waals surface area contributed by atoms with Gasteiger partial charge in [0.25, 0.3) is 0 Å². The van der Waals surface area contributed by atoms with E-state index in [1.807, 2.05) is 60.7 Å². The lowest BCUT2D eigenvalue weighted by Gasteiger charge is -2.34. The molecule has 3 nitrogen and oxygen atoms in total. The molecule has 3 aromatic carbocycles. The molecule has 0 saturated heterocycles. The van der Waals surface area contributed by atoms with E-state index >= 15 is 0 Å². The van der Waals surface area contributed by atoms with E-state index in [1.165, 1.54) is 0 Å². The number of aliphatic hydroxyl groups excluding tert-OH is 1. The molecule has 3 aromatic rings. The number of hydrogen-bond acceptors (Lipinski definition) is 3. The van der Waals surface area contributed by atoms with E-state index in [1.54, 1.807) is 31.4 Å². The van der Waals surface area contributed by atoms with Gasteiger partial charge in [-0.3, -0.25) is 0 Å². The normalized spacial score (nSPS) is 14.6. The number of methoxy groups -OCH3 is 1. The molecule has 0 aromatic heterocycles. The summed E-state index contributed by atoms with van der Waals surface area (Å²) in [5.74, 6) is 0.698. The fraction of sp³-hybridized carbons (Fsp3) is 0.143. The summed E-state index contributed by atoms with van der Waals surface area (Å²) in [7, 11) is 1.59. The lowest BCUT2D eigenvalue weighted by molar-refractivity contribution is -0.0517. The highest BCUT2D eigenvalue weighted by Crippen LogP contribution is 2.41. The Kier molecular flexibility index (Phi) is 4.65. The molecule has 0 aliphatic rings. The number of hydrogen-bond donors (Lipinski definition) is 2. The van der Waals surface area contributed by atoms with Crippen molar-refractivity contribution in [1.29, 1.82) is 0 Å². The summed E-state index contributed by atoms with van der Waals surface area (Å²) < 4.78 is 5.19. The minimum atomic E-state index is -1.56. The van der Waals surface area contributed by atoms with E-state index in [-0.39, 0.29) is 0 Å². The van der Waals surface area contributed by atoms with E-state index in [4.69, 9.17) is 4.74 Å². The van der Waals surface area contributed by atoms with Gasteiger partial charge in [0.15, 0.2) is 0 Å². The Labute approximate surface area is 141 Å². The monoisotopic (exact) mass is 320 g/mol. The van der Waals surface area contributed by atoms with Crippen molar-refractivity contribution in [2.45, 2.75) is 11.7 Å². The second kappa shape index (κ2) is 6.87. The second-order valence-corrected chi connectivity index (χ2v) is 5.67. The first-order valence-corrected chi connectivity index (χ1v) is 7.81. The highest BCUT2D eigenvalue weighted by atomic mass is 16.5. The summed E-state index contributed by atoms with van der Waals surface area (Å²) in [6, 6.07) is 25.5. The van der Waals surface area contributed by atoms with Gasteiger partial charge in [-0.2, -0.15) is 0 Å². The lowest BCUT2D eigenvalue weighted by atomic mass is 9.79. The van der Waals surface area contributed by atoms with Crippen LogP contribution in [0.2, 0.25) is 0 Å². The molecule has 2 unspecified atom stereocenters. The molecule has 2 atom stereocenters. The number of ether oxygens (including phenoxy) is 1. The van der Waals surface area contributed by atoms with Crippen LogP contribution < -0.4 is 4.74 Å². The van der Waals surface area contributed by atoms with Crippen LogP contribution in [-0.4, -0.2) is 17.3 Å². The quantitative estimate of drug-likeness (QED) is 0.754. The summed E-state index contributed by atoms with van der Waals surface area (Å²) >= 11 is 0. The summed E-state index contributed by atoms with van der Waals surface area (Å²) in [5, 5.41) is 22.5. The third-order valence-corrected chi connectivity index (χ3v) is 4.26. The molecule has 0 aliphatic heterocycles. The van der Waals surface area contributed by atoms with Crippen molar-refractivity contribution in [3.05, 3.63) is 102 Å². The number of benzene rings is 3. The van der Waals surface area contributed by atoms with E-state index < -0.39 is 11.7 Å². The van der Waals surface area contributed by atoms with Crippen LogP contribution in [-0.2, 0) is 5.60 Å². The first-order chi connectivity index (χ1) is 11.7. The molecule has 3 heteroatoms. The first kappa shape index (κ1) is 16.2. The molecular weight excluding hydrogens is 300 g/mol. The molecule has 0 amide bonds. The molecule has 0 fully saturated rings. The van der Waals surface area contributed by atoms with Crippen molar-refractivity contribution in [2.24, 2.45) is 0 Å². The lowest BCUT2D eigenvalue weighted by Crippen LogP contribution is -2.35. The maximum absolute atomic E-state index is 11.5. The predicted octanol–water partition coefficient (Wildman–Crippen LogP) is 3.66. The standard InChI is InChI=1S/C21H20O3/c1-24-19-14-12-18(13-15-19)21(23,17-10-6-3-7-11-17)20(22)16-8-4-2-5-9-16/h2-15,20,22-23H,1H3. The van der Waals surface area contributed by atoms with Crippen molar-refractivity contribution in [2.75, 3.05) is 7.11 Å². The van der Waals surface area contributed by atoms with Crippen molar-refractivity contribution in [3.8, 4) is 5.75 Å². The minimum Gasteiger partial charge on any atom is -0.497 e. The van der Waals surface area contributed by atoms with Gasteiger partial charge in [-0.15, -0.1) is 0 Å². The Morgan fingerprint density at radius 2 is 1.25 bits per heavy atom. The molecule has 0 bridgehead atoms. The van der Waals surface area contributed by atoms with E-state index in [0.29, 0.717) is 22.4 Å². The van der Waals surface area contributed by atoms with Crippen molar-refractivity contribution < 1.29 is 14.9 Å². The topological polar surface area (TPSA) is 49.7 Å². The van der Waals surface area contributed by atoms with Crippen LogP contribution in [0, 0.1) is 0 Å². The second-order valence-electron chi connectivity index (χ2n) is 5.67. The zero-order chi connectivity index (χ0) is 17.0. The Morgan fingerprint density at radius 1 is 0.750 bits per heavy atom. The van der Waals surface area contributed by atoms with Crippen molar-refractivity contribution in [1.82, 2.24) is 0 Å². The number of aliphatic hydroxyl groups is 2. The summed E-state index contributed by atoms with van der Waals surface area (Å²) in [6.45, 7) is 0. The maximum atomic E-state index is 11.5. The maximum Gasteiger partial charge on any atom is 0.145 e. The zero-order valence-electron chi connectivity index (χ0n) is 13.5. The predicted molar refractivity (Wildman–Crippen MR) is 93.8 cm³/mol. The van der Waals surface area contributed by atoms with Gasteiger partial charge in [0.2, 0.25) is 0 Å². The molecule has 2 N–H and O–H groups in total. The SMILES string of the molecule is COc1ccc(C(O)(c2ccccc2)C(O)c2ccccc2)cc1. The molecule has 0 aliphatic carbocycles. The van der Waals surface area contributed by atoms with Crippen molar-refractivity contribution in [3.63, 3.8) is 0 Å². The van der Waals surface area contributed by atoms with Gasteiger partial charge in [0, 0.05) is 0 Å². The highest BCUT2D eigenvalue weighted by molar-refractivity contribution is 5.42. The minimum absolute atomic E-state index is 0.603.